The standard InChI is InChI=1S/C26H35F3N8O2/c1-14-8-10-16(11-9-14)13-37-19-20(30-15(2)17-5-3-6-17)31-22(23-34-35-25(38)39-23)32-21(19)33-24(37)36-12-4-7-18(36)26(27,28)29/h14-18H,3-13H2,1-2H3,(H,35,38)(H,30,31,32)/t14-,15-,16-,18+/m1/s1. The van der Waals surface area contributed by atoms with Crippen molar-refractivity contribution >= 4 is 22.9 Å². The monoisotopic (exact) mass is 548 g/mol. The molecule has 1 saturated heterocycles. The second kappa shape index (κ2) is 10.1. The normalized spacial score (nSPS) is 25.3. The van der Waals surface area contributed by atoms with E-state index in [-0.39, 0.29) is 42.3 Å². The van der Waals surface area contributed by atoms with Gasteiger partial charge in [0, 0.05) is 19.1 Å². The summed E-state index contributed by atoms with van der Waals surface area (Å²) in [4.78, 5) is 27.0. The van der Waals surface area contributed by atoms with Crippen LogP contribution in [0.15, 0.2) is 9.21 Å². The third kappa shape index (κ3) is 5.11. The first kappa shape index (κ1) is 26.1. The maximum atomic E-state index is 14.1. The van der Waals surface area contributed by atoms with Gasteiger partial charge in [0.2, 0.25) is 11.8 Å². The van der Waals surface area contributed by atoms with Crippen LogP contribution in [0.25, 0.3) is 22.9 Å². The number of fused-ring (bicyclic) bond motifs is 1. The molecule has 2 atom stereocenters. The molecule has 2 saturated carbocycles. The second-order valence-electron chi connectivity index (χ2n) is 11.7. The van der Waals surface area contributed by atoms with Crippen LogP contribution < -0.4 is 16.0 Å². The highest BCUT2D eigenvalue weighted by Crippen LogP contribution is 2.40. The Labute approximate surface area is 223 Å². The summed E-state index contributed by atoms with van der Waals surface area (Å²) < 4.78 is 49.3. The van der Waals surface area contributed by atoms with Gasteiger partial charge in [0.15, 0.2) is 11.5 Å². The molecule has 212 valence electrons. The summed E-state index contributed by atoms with van der Waals surface area (Å²) in [6, 6.07) is -1.51. The zero-order chi connectivity index (χ0) is 27.3. The van der Waals surface area contributed by atoms with Gasteiger partial charge in [-0.15, -0.1) is 5.10 Å². The van der Waals surface area contributed by atoms with Crippen molar-refractivity contribution in [1.29, 1.82) is 0 Å². The van der Waals surface area contributed by atoms with E-state index < -0.39 is 18.0 Å². The summed E-state index contributed by atoms with van der Waals surface area (Å²) in [7, 11) is 0. The van der Waals surface area contributed by atoms with E-state index in [4.69, 9.17) is 14.4 Å². The van der Waals surface area contributed by atoms with Crippen molar-refractivity contribution in [2.45, 2.75) is 96.4 Å². The number of imidazole rings is 1. The van der Waals surface area contributed by atoms with Crippen LogP contribution in [0, 0.1) is 17.8 Å². The van der Waals surface area contributed by atoms with Gasteiger partial charge >= 0.3 is 11.9 Å². The molecular weight excluding hydrogens is 513 g/mol. The van der Waals surface area contributed by atoms with Crippen molar-refractivity contribution in [3.05, 3.63) is 10.6 Å². The van der Waals surface area contributed by atoms with E-state index in [0.717, 1.165) is 38.5 Å². The lowest BCUT2D eigenvalue weighted by molar-refractivity contribution is -0.146. The highest BCUT2D eigenvalue weighted by molar-refractivity contribution is 5.87. The zero-order valence-corrected chi connectivity index (χ0v) is 22.3. The molecule has 0 unspecified atom stereocenters. The van der Waals surface area contributed by atoms with Crippen LogP contribution in [-0.2, 0) is 6.54 Å². The molecule has 0 amide bonds. The van der Waals surface area contributed by atoms with E-state index in [9.17, 15) is 18.0 Å². The first-order valence-corrected chi connectivity index (χ1v) is 14.1. The number of hydrogen-bond donors (Lipinski definition) is 2. The van der Waals surface area contributed by atoms with Crippen LogP contribution in [0.5, 0.6) is 0 Å². The Hall–Kier alpha value is -3.12. The van der Waals surface area contributed by atoms with Crippen LogP contribution in [0.2, 0.25) is 0 Å². The Morgan fingerprint density at radius 3 is 2.49 bits per heavy atom. The van der Waals surface area contributed by atoms with E-state index in [0.29, 0.717) is 42.1 Å². The van der Waals surface area contributed by atoms with E-state index in [2.05, 4.69) is 34.3 Å². The summed E-state index contributed by atoms with van der Waals surface area (Å²) >= 11 is 0. The Morgan fingerprint density at radius 1 is 1.08 bits per heavy atom. The van der Waals surface area contributed by atoms with Gasteiger partial charge in [-0.2, -0.15) is 18.2 Å². The number of rotatable bonds is 7. The molecule has 0 bridgehead atoms. The molecule has 2 N–H and O–H groups in total. The fourth-order valence-electron chi connectivity index (χ4n) is 6.33. The van der Waals surface area contributed by atoms with Crippen molar-refractivity contribution in [1.82, 2.24) is 29.7 Å². The lowest BCUT2D eigenvalue weighted by Crippen LogP contribution is -2.42. The third-order valence-electron chi connectivity index (χ3n) is 8.90. The lowest BCUT2D eigenvalue weighted by atomic mass is 9.80. The molecule has 2 aliphatic carbocycles. The number of nitrogens with one attached hydrogen (secondary N) is 2. The number of halogens is 3. The van der Waals surface area contributed by atoms with Gasteiger partial charge in [0.05, 0.1) is 0 Å². The van der Waals surface area contributed by atoms with E-state index in [1.807, 2.05) is 4.57 Å². The van der Waals surface area contributed by atoms with E-state index in [1.165, 1.54) is 11.3 Å². The van der Waals surface area contributed by atoms with Crippen molar-refractivity contribution in [3.63, 3.8) is 0 Å². The van der Waals surface area contributed by atoms with Gasteiger partial charge in [-0.1, -0.05) is 26.2 Å². The highest BCUT2D eigenvalue weighted by atomic mass is 19.4. The molecule has 3 fully saturated rings. The number of H-pyrrole nitrogens is 1. The van der Waals surface area contributed by atoms with Gasteiger partial charge in [-0.25, -0.2) is 19.9 Å². The van der Waals surface area contributed by atoms with Crippen LogP contribution in [-0.4, -0.2) is 54.5 Å². The average molecular weight is 549 g/mol. The largest absolute Gasteiger partial charge is 0.434 e. The second-order valence-corrected chi connectivity index (χ2v) is 11.7. The van der Waals surface area contributed by atoms with Crippen molar-refractivity contribution < 1.29 is 17.6 Å². The topological polar surface area (TPSA) is 118 Å². The first-order valence-electron chi connectivity index (χ1n) is 14.1. The molecule has 3 aliphatic rings. The number of nitrogens with zero attached hydrogens (tertiary/aromatic N) is 6. The molecule has 13 heteroatoms. The van der Waals surface area contributed by atoms with E-state index >= 15 is 0 Å². The molecule has 3 aromatic heterocycles. The third-order valence-corrected chi connectivity index (χ3v) is 8.90. The van der Waals surface area contributed by atoms with Crippen molar-refractivity contribution in [2.24, 2.45) is 17.8 Å². The van der Waals surface area contributed by atoms with Gasteiger partial charge < -0.3 is 19.2 Å². The Morgan fingerprint density at radius 2 is 1.85 bits per heavy atom. The average Bonchev–Trinajstić information content (AvgIpc) is 3.57. The Bertz CT molecular complexity index is 1370. The minimum Gasteiger partial charge on any atom is -0.384 e. The summed E-state index contributed by atoms with van der Waals surface area (Å²) in [5, 5.41) is 9.62. The predicted octanol–water partition coefficient (Wildman–Crippen LogP) is 5.13. The van der Waals surface area contributed by atoms with Gasteiger partial charge in [0.25, 0.3) is 5.89 Å². The first-order chi connectivity index (χ1) is 18.7. The maximum Gasteiger partial charge on any atom is 0.434 e. The highest BCUT2D eigenvalue weighted by Gasteiger charge is 2.47. The summed E-state index contributed by atoms with van der Waals surface area (Å²) in [5.74, 6) is 1.44. The number of aromatic nitrogens is 6. The molecule has 4 heterocycles. The predicted molar refractivity (Wildman–Crippen MR) is 139 cm³/mol. The van der Waals surface area contributed by atoms with Gasteiger partial charge in [-0.05, 0) is 63.2 Å². The Kier molecular flexibility index (Phi) is 6.78. The Balaban J connectivity index is 1.50. The maximum absolute atomic E-state index is 14.1. The van der Waals surface area contributed by atoms with Crippen molar-refractivity contribution in [3.8, 4) is 11.7 Å². The molecule has 10 nitrogen and oxygen atoms in total. The molecule has 3 aromatic rings. The van der Waals surface area contributed by atoms with Crippen LogP contribution in [0.3, 0.4) is 0 Å². The quantitative estimate of drug-likeness (QED) is 0.417. The van der Waals surface area contributed by atoms with Crippen LogP contribution >= 0.6 is 0 Å². The van der Waals surface area contributed by atoms with Gasteiger partial charge in [0.1, 0.15) is 11.6 Å². The van der Waals surface area contributed by atoms with Gasteiger partial charge in [-0.3, -0.25) is 0 Å². The van der Waals surface area contributed by atoms with E-state index in [1.54, 1.807) is 0 Å². The SMILES string of the molecule is C[C@@H](Nc1nc(-c2n[nH]c(=O)o2)nc2nc(N3CCC[C@H]3C(F)(F)F)n(C[C@H]3CC[C@H](C)CC3)c12)C1CCC1. The lowest BCUT2D eigenvalue weighted by Gasteiger charge is -2.33. The molecular formula is C26H35F3N8O2. The molecule has 0 radical (unpaired) electrons. The molecule has 0 spiro atoms. The molecule has 6 rings (SSSR count). The minimum atomic E-state index is -4.37. The molecule has 1 aliphatic heterocycles. The molecule has 0 aromatic carbocycles. The van der Waals surface area contributed by atoms with Crippen LogP contribution in [0.4, 0.5) is 24.9 Å². The number of anilines is 2. The fraction of sp³-hybridized carbons (Fsp3) is 0.731. The summed E-state index contributed by atoms with van der Waals surface area (Å²) in [6.45, 7) is 5.16. The summed E-state index contributed by atoms with van der Waals surface area (Å²) in [5.41, 5.74) is 0.852. The van der Waals surface area contributed by atoms with Crippen LogP contribution in [0.1, 0.15) is 71.6 Å². The molecule has 39 heavy (non-hydrogen) atoms. The number of hydrogen-bond acceptors (Lipinski definition) is 8. The number of alkyl halides is 3. The fourth-order valence-corrected chi connectivity index (χ4v) is 6.33. The number of aromatic amines is 1. The summed E-state index contributed by atoms with van der Waals surface area (Å²) in [6.07, 6.45) is 3.73. The van der Waals surface area contributed by atoms with Crippen molar-refractivity contribution in [2.75, 3.05) is 16.8 Å². The zero-order valence-electron chi connectivity index (χ0n) is 22.3. The smallest absolute Gasteiger partial charge is 0.384 e. The minimum absolute atomic E-state index is 0.0345.